The summed E-state index contributed by atoms with van der Waals surface area (Å²) in [5.41, 5.74) is 4.23. The zero-order valence-electron chi connectivity index (χ0n) is 17.5. The van der Waals surface area contributed by atoms with E-state index in [-0.39, 0.29) is 0 Å². The second-order valence-electron chi connectivity index (χ2n) is 7.97. The van der Waals surface area contributed by atoms with Gasteiger partial charge in [0, 0.05) is 16.3 Å². The van der Waals surface area contributed by atoms with Crippen molar-refractivity contribution in [3.63, 3.8) is 0 Å². The molecule has 5 aromatic carbocycles. The van der Waals surface area contributed by atoms with E-state index < -0.39 is 8.80 Å². The van der Waals surface area contributed by atoms with E-state index >= 15 is 0 Å². The number of para-hydroxylation sites is 2. The first kappa shape index (κ1) is 18.9. The molecule has 0 N–H and O–H groups in total. The molecule has 0 aliphatic heterocycles. The Kier molecular flexibility index (Phi) is 4.71. The van der Waals surface area contributed by atoms with Gasteiger partial charge in [-0.15, -0.1) is 0 Å². The van der Waals surface area contributed by atoms with Gasteiger partial charge < -0.3 is 4.42 Å². The highest BCUT2D eigenvalue weighted by Crippen LogP contribution is 2.35. The summed E-state index contributed by atoms with van der Waals surface area (Å²) in [4.78, 5) is 0. The standard InChI is InChI=1S/C30H21OSi/c1-3-12-23(13-4-1)32(24-14-5-2-6-15-24)25-16-9-11-22(21-25)26-18-10-19-28-27-17-7-8-20-29(27)31-30(26)28/h1-21H. The molecule has 6 rings (SSSR count). The summed E-state index contributed by atoms with van der Waals surface area (Å²) in [6, 6.07) is 45.5. The van der Waals surface area contributed by atoms with Crippen molar-refractivity contribution in [2.24, 2.45) is 0 Å². The minimum absolute atomic E-state index is 0.935. The van der Waals surface area contributed by atoms with Crippen LogP contribution in [0.1, 0.15) is 0 Å². The van der Waals surface area contributed by atoms with Crippen molar-refractivity contribution < 1.29 is 4.42 Å². The normalized spacial score (nSPS) is 11.4. The number of rotatable bonds is 4. The highest BCUT2D eigenvalue weighted by molar-refractivity contribution is 6.95. The van der Waals surface area contributed by atoms with Crippen molar-refractivity contribution in [3.8, 4) is 11.1 Å². The summed E-state index contributed by atoms with van der Waals surface area (Å²) < 4.78 is 6.32. The van der Waals surface area contributed by atoms with E-state index in [1.54, 1.807) is 0 Å². The molecule has 0 aliphatic rings. The predicted molar refractivity (Wildman–Crippen MR) is 137 cm³/mol. The van der Waals surface area contributed by atoms with Crippen LogP contribution in [0.4, 0.5) is 0 Å². The van der Waals surface area contributed by atoms with Crippen LogP contribution in [0.15, 0.2) is 132 Å². The van der Waals surface area contributed by atoms with Gasteiger partial charge in [-0.1, -0.05) is 137 Å². The van der Waals surface area contributed by atoms with E-state index in [0.29, 0.717) is 0 Å². The average Bonchev–Trinajstić information content (AvgIpc) is 3.25. The molecule has 32 heavy (non-hydrogen) atoms. The third-order valence-corrected chi connectivity index (χ3v) is 8.70. The second kappa shape index (κ2) is 7.99. The Hall–Kier alpha value is -3.88. The van der Waals surface area contributed by atoms with Crippen LogP contribution in [0.3, 0.4) is 0 Å². The summed E-state index contributed by atoms with van der Waals surface area (Å²) in [5.74, 6) is 0. The highest BCUT2D eigenvalue weighted by Gasteiger charge is 2.20. The zero-order chi connectivity index (χ0) is 21.3. The van der Waals surface area contributed by atoms with Crippen LogP contribution < -0.4 is 15.6 Å². The van der Waals surface area contributed by atoms with Gasteiger partial charge in [0.15, 0.2) is 8.80 Å². The number of fused-ring (bicyclic) bond motifs is 3. The molecule has 1 aromatic heterocycles. The summed E-state index contributed by atoms with van der Waals surface area (Å²) in [6.07, 6.45) is 0. The van der Waals surface area contributed by atoms with Crippen molar-refractivity contribution in [1.29, 1.82) is 0 Å². The fraction of sp³-hybridized carbons (Fsp3) is 0. The van der Waals surface area contributed by atoms with Crippen molar-refractivity contribution in [2.75, 3.05) is 0 Å². The Morgan fingerprint density at radius 2 is 1.06 bits per heavy atom. The minimum Gasteiger partial charge on any atom is -0.455 e. The summed E-state index contributed by atoms with van der Waals surface area (Å²) in [7, 11) is -1.11. The monoisotopic (exact) mass is 425 g/mol. The average molecular weight is 426 g/mol. The van der Waals surface area contributed by atoms with Gasteiger partial charge in [0.25, 0.3) is 0 Å². The van der Waals surface area contributed by atoms with Crippen LogP contribution in [-0.4, -0.2) is 8.80 Å². The summed E-state index contributed by atoms with van der Waals surface area (Å²) in [6.45, 7) is 0. The van der Waals surface area contributed by atoms with Crippen LogP contribution in [0, 0.1) is 0 Å². The summed E-state index contributed by atoms with van der Waals surface area (Å²) >= 11 is 0. The maximum Gasteiger partial charge on any atom is 0.154 e. The number of hydrogen-bond acceptors (Lipinski definition) is 1. The Labute approximate surface area is 189 Å². The fourth-order valence-electron chi connectivity index (χ4n) is 4.53. The quantitative estimate of drug-likeness (QED) is 0.258. The molecule has 151 valence electrons. The molecule has 0 unspecified atom stereocenters. The lowest BCUT2D eigenvalue weighted by molar-refractivity contribution is 0.670. The lowest BCUT2D eigenvalue weighted by Crippen LogP contribution is -2.51. The minimum atomic E-state index is -1.11. The van der Waals surface area contributed by atoms with E-state index in [0.717, 1.165) is 16.7 Å². The maximum absolute atomic E-state index is 6.32. The van der Waals surface area contributed by atoms with Crippen LogP contribution in [0.5, 0.6) is 0 Å². The number of benzene rings is 5. The molecule has 0 bridgehead atoms. The Bertz CT molecular complexity index is 1480. The van der Waals surface area contributed by atoms with Gasteiger partial charge in [-0.05, 0) is 11.6 Å². The SMILES string of the molecule is c1ccc([Si](c2ccccc2)c2cccc(-c3cccc4c3oc3ccccc34)c2)cc1. The smallest absolute Gasteiger partial charge is 0.154 e. The molecule has 6 aromatic rings. The third kappa shape index (κ3) is 3.26. The van der Waals surface area contributed by atoms with Crippen LogP contribution >= 0.6 is 0 Å². The van der Waals surface area contributed by atoms with Gasteiger partial charge in [-0.3, -0.25) is 0 Å². The van der Waals surface area contributed by atoms with Crippen LogP contribution in [-0.2, 0) is 0 Å². The van der Waals surface area contributed by atoms with Gasteiger partial charge in [-0.2, -0.15) is 0 Å². The van der Waals surface area contributed by atoms with E-state index in [1.165, 1.54) is 31.9 Å². The Morgan fingerprint density at radius 3 is 1.81 bits per heavy atom. The molecule has 0 fully saturated rings. The molecule has 2 heteroatoms. The van der Waals surface area contributed by atoms with Crippen molar-refractivity contribution in [1.82, 2.24) is 0 Å². The van der Waals surface area contributed by atoms with E-state index in [4.69, 9.17) is 4.42 Å². The number of hydrogen-bond donors (Lipinski definition) is 0. The lowest BCUT2D eigenvalue weighted by Gasteiger charge is -2.17. The predicted octanol–water partition coefficient (Wildman–Crippen LogP) is 5.77. The maximum atomic E-state index is 6.32. The zero-order valence-corrected chi connectivity index (χ0v) is 18.5. The Balaban J connectivity index is 1.54. The molecular weight excluding hydrogens is 404 g/mol. The first-order valence-corrected chi connectivity index (χ1v) is 12.4. The molecule has 1 heterocycles. The Morgan fingerprint density at radius 1 is 0.469 bits per heavy atom. The van der Waals surface area contributed by atoms with Gasteiger partial charge >= 0.3 is 0 Å². The van der Waals surface area contributed by atoms with Crippen molar-refractivity contribution in [2.45, 2.75) is 0 Å². The molecule has 1 nitrogen and oxygen atoms in total. The molecule has 1 radical (unpaired) electrons. The molecule has 0 saturated heterocycles. The molecule has 0 aliphatic carbocycles. The first-order chi connectivity index (χ1) is 15.9. The van der Waals surface area contributed by atoms with Crippen LogP contribution in [0.25, 0.3) is 33.1 Å². The highest BCUT2D eigenvalue weighted by atomic mass is 28.3. The third-order valence-electron chi connectivity index (χ3n) is 5.99. The first-order valence-electron chi connectivity index (χ1n) is 10.9. The molecule has 0 atom stereocenters. The molecule has 0 amide bonds. The topological polar surface area (TPSA) is 13.1 Å². The fourth-order valence-corrected chi connectivity index (χ4v) is 7.14. The largest absolute Gasteiger partial charge is 0.455 e. The van der Waals surface area contributed by atoms with Crippen molar-refractivity contribution in [3.05, 3.63) is 127 Å². The van der Waals surface area contributed by atoms with Gasteiger partial charge in [-0.25, -0.2) is 0 Å². The van der Waals surface area contributed by atoms with E-state index in [9.17, 15) is 0 Å². The molecule has 0 spiro atoms. The molecule has 0 saturated carbocycles. The van der Waals surface area contributed by atoms with Crippen molar-refractivity contribution >= 4 is 46.3 Å². The second-order valence-corrected chi connectivity index (χ2v) is 10.5. The van der Waals surface area contributed by atoms with Gasteiger partial charge in [0.2, 0.25) is 0 Å². The van der Waals surface area contributed by atoms with Gasteiger partial charge in [0.05, 0.1) is 0 Å². The van der Waals surface area contributed by atoms with Gasteiger partial charge in [0.1, 0.15) is 11.2 Å². The lowest BCUT2D eigenvalue weighted by atomic mass is 10.0. The molecular formula is C30H21OSi. The number of furan rings is 1. The summed E-state index contributed by atoms with van der Waals surface area (Å²) in [5, 5.41) is 6.49. The van der Waals surface area contributed by atoms with E-state index in [2.05, 4.69) is 115 Å². The van der Waals surface area contributed by atoms with E-state index in [1.807, 2.05) is 12.1 Å². The van der Waals surface area contributed by atoms with Crippen LogP contribution in [0.2, 0.25) is 0 Å².